The number of nitrogens with two attached hydrogens (primary N) is 1. The number of benzene rings is 1. The van der Waals surface area contributed by atoms with Crippen LogP contribution in [0.1, 0.15) is 32.3 Å². The lowest BCUT2D eigenvalue weighted by atomic mass is 9.95. The maximum absolute atomic E-state index is 5.64. The molecule has 3 N–H and O–H groups in total. The predicted molar refractivity (Wildman–Crippen MR) is 79.3 cm³/mol. The van der Waals surface area contributed by atoms with Crippen LogP contribution in [0.4, 0.5) is 0 Å². The number of methoxy groups -OCH3 is 1. The lowest BCUT2D eigenvalue weighted by molar-refractivity contribution is 0.0117. The molecule has 18 heavy (non-hydrogen) atoms. The van der Waals surface area contributed by atoms with Gasteiger partial charge in [0.25, 0.3) is 0 Å². The summed E-state index contributed by atoms with van der Waals surface area (Å²) >= 11 is 3.56. The molecule has 102 valence electrons. The van der Waals surface area contributed by atoms with Gasteiger partial charge in [-0.1, -0.05) is 34.1 Å². The molecule has 1 aromatic rings. The molecule has 0 spiro atoms. The fourth-order valence-corrected chi connectivity index (χ4v) is 2.24. The number of ether oxygens (including phenoxy) is 1. The van der Waals surface area contributed by atoms with Crippen molar-refractivity contribution in [3.05, 3.63) is 34.3 Å². The fraction of sp³-hybridized carbons (Fsp3) is 0.571. The zero-order valence-corrected chi connectivity index (χ0v) is 13.0. The smallest absolute Gasteiger partial charge is 0.0623 e. The monoisotopic (exact) mass is 314 g/mol. The van der Waals surface area contributed by atoms with Gasteiger partial charge in [0.1, 0.15) is 0 Å². The first-order chi connectivity index (χ1) is 8.48. The molecule has 0 saturated carbocycles. The number of rotatable bonds is 7. The summed E-state index contributed by atoms with van der Waals surface area (Å²) in [5, 5.41) is 0. The second kappa shape index (κ2) is 7.24. The van der Waals surface area contributed by atoms with E-state index in [1.807, 2.05) is 12.1 Å². The second-order valence-electron chi connectivity index (χ2n) is 5.16. The van der Waals surface area contributed by atoms with Gasteiger partial charge in [0, 0.05) is 17.6 Å². The number of hydrogen-bond acceptors (Lipinski definition) is 3. The van der Waals surface area contributed by atoms with Gasteiger partial charge in [-0.25, -0.2) is 0 Å². The third-order valence-corrected chi connectivity index (χ3v) is 4.08. The molecule has 4 heteroatoms. The molecule has 0 aliphatic heterocycles. The van der Waals surface area contributed by atoms with E-state index in [9.17, 15) is 0 Å². The highest BCUT2D eigenvalue weighted by Crippen LogP contribution is 2.21. The minimum Gasteiger partial charge on any atom is -0.379 e. The molecule has 3 nitrogen and oxygen atoms in total. The Labute approximate surface area is 118 Å². The van der Waals surface area contributed by atoms with Gasteiger partial charge < -0.3 is 4.74 Å². The summed E-state index contributed by atoms with van der Waals surface area (Å²) in [4.78, 5) is 0. The van der Waals surface area contributed by atoms with Crippen LogP contribution in [0.25, 0.3) is 0 Å². The quantitative estimate of drug-likeness (QED) is 0.600. The molecule has 0 aliphatic rings. The normalized spacial score (nSPS) is 13.6. The van der Waals surface area contributed by atoms with E-state index in [0.717, 1.165) is 23.7 Å². The van der Waals surface area contributed by atoms with Gasteiger partial charge in [-0.2, -0.15) is 0 Å². The maximum atomic E-state index is 5.64. The molecular formula is C14H23BrN2O. The van der Waals surface area contributed by atoms with Crippen molar-refractivity contribution in [3.63, 3.8) is 0 Å². The van der Waals surface area contributed by atoms with Gasteiger partial charge in [-0.05, 0) is 44.7 Å². The molecule has 0 fully saturated rings. The fourth-order valence-electron chi connectivity index (χ4n) is 1.80. The van der Waals surface area contributed by atoms with Crippen LogP contribution in [-0.4, -0.2) is 18.8 Å². The molecule has 0 aromatic heterocycles. The first kappa shape index (κ1) is 15.6. The molecule has 0 heterocycles. The summed E-state index contributed by atoms with van der Waals surface area (Å²) in [5.41, 5.74) is 4.08. The topological polar surface area (TPSA) is 47.3 Å². The Morgan fingerprint density at radius 2 is 2.06 bits per heavy atom. The van der Waals surface area contributed by atoms with Crippen LogP contribution in [0.3, 0.4) is 0 Å². The SMILES string of the molecule is COC(C)(C)CCC(Cc1ccccc1Br)NN. The van der Waals surface area contributed by atoms with Crippen molar-refractivity contribution < 1.29 is 4.74 Å². The summed E-state index contributed by atoms with van der Waals surface area (Å²) in [6.45, 7) is 4.19. The van der Waals surface area contributed by atoms with Crippen LogP contribution in [0.5, 0.6) is 0 Å². The van der Waals surface area contributed by atoms with Crippen LogP contribution in [0, 0.1) is 0 Å². The van der Waals surface area contributed by atoms with Crippen molar-refractivity contribution >= 4 is 15.9 Å². The highest BCUT2D eigenvalue weighted by Gasteiger charge is 2.19. The Kier molecular flexibility index (Phi) is 6.29. The summed E-state index contributed by atoms with van der Waals surface area (Å²) < 4.78 is 6.56. The molecule has 1 aromatic carbocycles. The minimum atomic E-state index is -0.0942. The number of nitrogens with one attached hydrogen (secondary N) is 1. The summed E-state index contributed by atoms with van der Waals surface area (Å²) in [6, 6.07) is 8.51. The predicted octanol–water partition coefficient (Wildman–Crippen LogP) is 3.03. The van der Waals surface area contributed by atoms with Crippen molar-refractivity contribution in [2.45, 2.75) is 44.8 Å². The molecule has 0 saturated heterocycles. The van der Waals surface area contributed by atoms with E-state index in [2.05, 4.69) is 47.3 Å². The molecule has 1 unspecified atom stereocenters. The van der Waals surface area contributed by atoms with Crippen molar-refractivity contribution in [1.29, 1.82) is 0 Å². The lowest BCUT2D eigenvalue weighted by Crippen LogP contribution is -2.38. The summed E-state index contributed by atoms with van der Waals surface area (Å²) in [5.74, 6) is 5.64. The van der Waals surface area contributed by atoms with E-state index < -0.39 is 0 Å². The van der Waals surface area contributed by atoms with E-state index in [1.54, 1.807) is 7.11 Å². The largest absolute Gasteiger partial charge is 0.379 e. The summed E-state index contributed by atoms with van der Waals surface area (Å²) in [7, 11) is 1.75. The summed E-state index contributed by atoms with van der Waals surface area (Å²) in [6.07, 6.45) is 2.87. The Bertz CT molecular complexity index is 369. The van der Waals surface area contributed by atoms with Crippen molar-refractivity contribution in [2.24, 2.45) is 5.84 Å². The maximum Gasteiger partial charge on any atom is 0.0623 e. The van der Waals surface area contributed by atoms with Crippen molar-refractivity contribution in [2.75, 3.05) is 7.11 Å². The van der Waals surface area contributed by atoms with Crippen LogP contribution in [0.15, 0.2) is 28.7 Å². The molecule has 0 radical (unpaired) electrons. The van der Waals surface area contributed by atoms with Gasteiger partial charge in [0.05, 0.1) is 5.60 Å². The van der Waals surface area contributed by atoms with E-state index in [-0.39, 0.29) is 11.6 Å². The van der Waals surface area contributed by atoms with Crippen molar-refractivity contribution in [1.82, 2.24) is 5.43 Å². The Balaban J connectivity index is 2.55. The van der Waals surface area contributed by atoms with Gasteiger partial charge in [-0.3, -0.25) is 11.3 Å². The van der Waals surface area contributed by atoms with Gasteiger partial charge in [0.2, 0.25) is 0 Å². The van der Waals surface area contributed by atoms with Gasteiger partial charge in [-0.15, -0.1) is 0 Å². The number of hydrogen-bond donors (Lipinski definition) is 2. The van der Waals surface area contributed by atoms with E-state index in [4.69, 9.17) is 10.6 Å². The standard InChI is InChI=1S/C14H23BrN2O/c1-14(2,18-3)9-8-12(17-16)10-11-6-4-5-7-13(11)15/h4-7,12,17H,8-10,16H2,1-3H3. The minimum absolute atomic E-state index is 0.0942. The first-order valence-corrected chi connectivity index (χ1v) is 7.02. The average molecular weight is 315 g/mol. The van der Waals surface area contributed by atoms with Crippen LogP contribution in [-0.2, 0) is 11.2 Å². The molecule has 0 bridgehead atoms. The highest BCUT2D eigenvalue weighted by atomic mass is 79.9. The zero-order chi connectivity index (χ0) is 13.6. The van der Waals surface area contributed by atoms with E-state index in [1.165, 1.54) is 5.56 Å². The lowest BCUT2D eigenvalue weighted by Gasteiger charge is -2.25. The Morgan fingerprint density at radius 3 is 2.61 bits per heavy atom. The van der Waals surface area contributed by atoms with Crippen LogP contribution < -0.4 is 11.3 Å². The average Bonchev–Trinajstić information content (AvgIpc) is 2.36. The third kappa shape index (κ3) is 5.06. The van der Waals surface area contributed by atoms with E-state index >= 15 is 0 Å². The van der Waals surface area contributed by atoms with Gasteiger partial charge >= 0.3 is 0 Å². The first-order valence-electron chi connectivity index (χ1n) is 6.23. The molecule has 0 aliphatic carbocycles. The molecule has 0 amide bonds. The van der Waals surface area contributed by atoms with Crippen LogP contribution >= 0.6 is 15.9 Å². The highest BCUT2D eigenvalue weighted by molar-refractivity contribution is 9.10. The van der Waals surface area contributed by atoms with E-state index in [0.29, 0.717) is 0 Å². The number of halogens is 1. The molecular weight excluding hydrogens is 292 g/mol. The zero-order valence-electron chi connectivity index (χ0n) is 11.4. The molecule has 1 rings (SSSR count). The Morgan fingerprint density at radius 1 is 1.39 bits per heavy atom. The Hall–Kier alpha value is -0.420. The van der Waals surface area contributed by atoms with Gasteiger partial charge in [0.15, 0.2) is 0 Å². The number of hydrazine groups is 1. The second-order valence-corrected chi connectivity index (χ2v) is 6.02. The van der Waals surface area contributed by atoms with Crippen molar-refractivity contribution in [3.8, 4) is 0 Å². The van der Waals surface area contributed by atoms with Crippen LogP contribution in [0.2, 0.25) is 0 Å². The molecule has 1 atom stereocenters. The third-order valence-electron chi connectivity index (χ3n) is 3.31.